The van der Waals surface area contributed by atoms with Gasteiger partial charge in [-0.1, -0.05) is 27.5 Å². The highest BCUT2D eigenvalue weighted by molar-refractivity contribution is 9.08. The number of aromatic nitrogens is 1. The van der Waals surface area contributed by atoms with E-state index >= 15 is 0 Å². The predicted octanol–water partition coefficient (Wildman–Crippen LogP) is 3.15. The molecule has 2 N–H and O–H groups in total. The summed E-state index contributed by atoms with van der Waals surface area (Å²) in [4.78, 5) is 3.51. The standard InChI is InChI=1S/C7H6BrClF2N2/c8-2-3-1-4(9)7(12)13-5(3)6(10)11/h1,6H,2H2,(H2,12,13). The highest BCUT2D eigenvalue weighted by Crippen LogP contribution is 2.28. The first-order valence-corrected chi connectivity index (χ1v) is 4.85. The molecule has 0 spiro atoms. The highest BCUT2D eigenvalue weighted by Gasteiger charge is 2.16. The average molecular weight is 271 g/mol. The molecule has 0 aliphatic heterocycles. The average Bonchev–Trinajstić information content (AvgIpc) is 2.08. The Balaban J connectivity index is 3.25. The molecule has 0 atom stereocenters. The molecule has 6 heteroatoms. The first-order valence-electron chi connectivity index (χ1n) is 3.35. The van der Waals surface area contributed by atoms with Gasteiger partial charge >= 0.3 is 0 Å². The molecule has 2 nitrogen and oxygen atoms in total. The van der Waals surface area contributed by atoms with E-state index in [1.165, 1.54) is 6.07 Å². The molecule has 0 bridgehead atoms. The van der Waals surface area contributed by atoms with Crippen molar-refractivity contribution in [2.75, 3.05) is 5.73 Å². The van der Waals surface area contributed by atoms with Crippen LogP contribution < -0.4 is 5.73 Å². The molecule has 0 amide bonds. The van der Waals surface area contributed by atoms with E-state index < -0.39 is 6.43 Å². The minimum Gasteiger partial charge on any atom is -0.382 e. The molecular weight excluding hydrogens is 265 g/mol. The van der Waals surface area contributed by atoms with Gasteiger partial charge in [-0.3, -0.25) is 0 Å². The smallest absolute Gasteiger partial charge is 0.280 e. The SMILES string of the molecule is Nc1nc(C(F)F)c(CBr)cc1Cl. The van der Waals surface area contributed by atoms with E-state index in [0.29, 0.717) is 5.56 Å². The van der Waals surface area contributed by atoms with Crippen molar-refractivity contribution in [1.82, 2.24) is 4.98 Å². The zero-order chi connectivity index (χ0) is 10.0. The molecule has 1 rings (SSSR count). The minimum absolute atomic E-state index is 0.0679. The van der Waals surface area contributed by atoms with Crippen molar-refractivity contribution in [1.29, 1.82) is 0 Å². The van der Waals surface area contributed by atoms with Crippen molar-refractivity contribution in [2.45, 2.75) is 11.8 Å². The summed E-state index contributed by atoms with van der Waals surface area (Å²) >= 11 is 8.68. The second-order valence-electron chi connectivity index (χ2n) is 2.33. The van der Waals surface area contributed by atoms with Gasteiger partial charge in [0.15, 0.2) is 0 Å². The zero-order valence-electron chi connectivity index (χ0n) is 6.40. The van der Waals surface area contributed by atoms with Crippen LogP contribution in [0.1, 0.15) is 17.7 Å². The Kier molecular flexibility index (Phi) is 3.44. The van der Waals surface area contributed by atoms with E-state index in [4.69, 9.17) is 17.3 Å². The zero-order valence-corrected chi connectivity index (χ0v) is 8.74. The van der Waals surface area contributed by atoms with E-state index in [9.17, 15) is 8.78 Å². The number of halogens is 4. The normalized spacial score (nSPS) is 10.8. The Labute approximate surface area is 87.2 Å². The largest absolute Gasteiger partial charge is 0.382 e. The van der Waals surface area contributed by atoms with Crippen LogP contribution in [0.4, 0.5) is 14.6 Å². The van der Waals surface area contributed by atoms with E-state index in [1.807, 2.05) is 0 Å². The Hall–Kier alpha value is -0.420. The molecule has 0 saturated heterocycles. The predicted molar refractivity (Wildman–Crippen MR) is 51.2 cm³/mol. The summed E-state index contributed by atoms with van der Waals surface area (Å²) in [6.45, 7) is 0. The van der Waals surface area contributed by atoms with Crippen LogP contribution in [0.5, 0.6) is 0 Å². The van der Waals surface area contributed by atoms with Gasteiger partial charge in [-0.15, -0.1) is 0 Å². The summed E-state index contributed by atoms with van der Waals surface area (Å²) in [7, 11) is 0. The summed E-state index contributed by atoms with van der Waals surface area (Å²) in [5.74, 6) is -0.0679. The van der Waals surface area contributed by atoms with E-state index in [1.54, 1.807) is 0 Å². The number of pyridine rings is 1. The van der Waals surface area contributed by atoms with E-state index in [-0.39, 0.29) is 21.9 Å². The molecule has 0 fully saturated rings. The van der Waals surface area contributed by atoms with Gasteiger partial charge in [0.2, 0.25) is 0 Å². The molecule has 0 aliphatic rings. The van der Waals surface area contributed by atoms with Gasteiger partial charge in [-0.2, -0.15) is 0 Å². The molecule has 0 saturated carbocycles. The summed E-state index contributed by atoms with van der Waals surface area (Å²) in [6, 6.07) is 1.39. The summed E-state index contributed by atoms with van der Waals surface area (Å²) in [5.41, 5.74) is 5.33. The van der Waals surface area contributed by atoms with Gasteiger partial charge in [-0.25, -0.2) is 13.8 Å². The van der Waals surface area contributed by atoms with E-state index in [0.717, 1.165) is 0 Å². The molecule has 1 aromatic heterocycles. The van der Waals surface area contributed by atoms with Gasteiger partial charge in [0, 0.05) is 5.33 Å². The van der Waals surface area contributed by atoms with Crippen molar-refractivity contribution >= 4 is 33.3 Å². The first kappa shape index (κ1) is 10.7. The van der Waals surface area contributed by atoms with Crippen molar-refractivity contribution in [3.05, 3.63) is 22.3 Å². The number of alkyl halides is 3. The molecule has 0 aliphatic carbocycles. The summed E-state index contributed by atoms with van der Waals surface area (Å²) < 4.78 is 24.7. The maximum atomic E-state index is 12.3. The van der Waals surface area contributed by atoms with Gasteiger partial charge in [-0.05, 0) is 11.6 Å². The van der Waals surface area contributed by atoms with Gasteiger partial charge < -0.3 is 5.73 Å². The minimum atomic E-state index is -2.63. The lowest BCUT2D eigenvalue weighted by Gasteiger charge is -2.07. The maximum absolute atomic E-state index is 12.3. The monoisotopic (exact) mass is 270 g/mol. The van der Waals surface area contributed by atoms with Crippen LogP contribution in [0.2, 0.25) is 5.02 Å². The number of hydrogen-bond acceptors (Lipinski definition) is 2. The third-order valence-corrected chi connectivity index (χ3v) is 2.37. The van der Waals surface area contributed by atoms with Crippen molar-refractivity contribution in [3.63, 3.8) is 0 Å². The molecule has 0 radical (unpaired) electrons. The Morgan fingerprint density at radius 2 is 2.23 bits per heavy atom. The number of anilines is 1. The van der Waals surface area contributed by atoms with Crippen LogP contribution in [-0.4, -0.2) is 4.98 Å². The van der Waals surface area contributed by atoms with Crippen LogP contribution in [0, 0.1) is 0 Å². The molecule has 0 aromatic carbocycles. The lowest BCUT2D eigenvalue weighted by atomic mass is 10.2. The van der Waals surface area contributed by atoms with Gasteiger partial charge in [0.25, 0.3) is 6.43 Å². The van der Waals surface area contributed by atoms with Crippen molar-refractivity contribution in [2.24, 2.45) is 0 Å². The number of nitrogens with zero attached hydrogens (tertiary/aromatic N) is 1. The number of nitrogens with two attached hydrogens (primary N) is 1. The second-order valence-corrected chi connectivity index (χ2v) is 3.30. The maximum Gasteiger partial charge on any atom is 0.280 e. The Morgan fingerprint density at radius 3 is 2.69 bits per heavy atom. The fraction of sp³-hybridized carbons (Fsp3) is 0.286. The number of hydrogen-bond donors (Lipinski definition) is 1. The molecule has 0 unspecified atom stereocenters. The Bertz CT molecular complexity index is 320. The topological polar surface area (TPSA) is 38.9 Å². The second kappa shape index (κ2) is 4.19. The number of rotatable bonds is 2. The van der Waals surface area contributed by atoms with Gasteiger partial charge in [0.05, 0.1) is 5.02 Å². The third kappa shape index (κ3) is 2.28. The lowest BCUT2D eigenvalue weighted by Crippen LogP contribution is -2.01. The number of nitrogen functional groups attached to an aromatic ring is 1. The van der Waals surface area contributed by atoms with Crippen LogP contribution in [0.3, 0.4) is 0 Å². The van der Waals surface area contributed by atoms with E-state index in [2.05, 4.69) is 20.9 Å². The quantitative estimate of drug-likeness (QED) is 0.839. The van der Waals surface area contributed by atoms with Crippen LogP contribution >= 0.6 is 27.5 Å². The lowest BCUT2D eigenvalue weighted by molar-refractivity contribution is 0.145. The van der Waals surface area contributed by atoms with Crippen LogP contribution in [0.15, 0.2) is 6.07 Å². The van der Waals surface area contributed by atoms with Crippen LogP contribution in [0.25, 0.3) is 0 Å². The fourth-order valence-electron chi connectivity index (χ4n) is 0.852. The molecule has 72 valence electrons. The van der Waals surface area contributed by atoms with Gasteiger partial charge in [0.1, 0.15) is 11.5 Å². The molecular formula is C7H6BrClF2N2. The Morgan fingerprint density at radius 1 is 1.62 bits per heavy atom. The first-order chi connectivity index (χ1) is 6.06. The molecule has 1 aromatic rings. The molecule has 1 heterocycles. The van der Waals surface area contributed by atoms with Crippen molar-refractivity contribution in [3.8, 4) is 0 Å². The highest BCUT2D eigenvalue weighted by atomic mass is 79.9. The summed E-state index contributed by atoms with van der Waals surface area (Å²) in [6.07, 6.45) is -2.63. The fourth-order valence-corrected chi connectivity index (χ4v) is 1.47. The van der Waals surface area contributed by atoms with Crippen molar-refractivity contribution < 1.29 is 8.78 Å². The summed E-state index contributed by atoms with van der Waals surface area (Å²) in [5, 5.41) is 0.471. The third-order valence-electron chi connectivity index (χ3n) is 1.47. The van der Waals surface area contributed by atoms with Crippen LogP contribution in [-0.2, 0) is 5.33 Å². The molecule has 13 heavy (non-hydrogen) atoms.